The first-order valence-corrected chi connectivity index (χ1v) is 12.3. The molecule has 0 aromatic heterocycles. The average Bonchev–Trinajstić information content (AvgIpc) is 2.80. The van der Waals surface area contributed by atoms with Gasteiger partial charge in [0.15, 0.2) is 0 Å². The Bertz CT molecular complexity index is 704. The molecule has 1 unspecified atom stereocenters. The van der Waals surface area contributed by atoms with E-state index in [1.165, 1.54) is 11.1 Å². The van der Waals surface area contributed by atoms with E-state index in [-0.39, 0.29) is 30.7 Å². The third-order valence-corrected chi connectivity index (χ3v) is 5.89. The van der Waals surface area contributed by atoms with Crippen LogP contribution < -0.4 is 0 Å². The molecule has 1 atom stereocenters. The quantitative estimate of drug-likeness (QED) is 0.428. The molecule has 142 valence electrons. The molecule has 2 amide bonds. The monoisotopic (exact) mass is 379 g/mol. The van der Waals surface area contributed by atoms with Crippen molar-refractivity contribution in [1.82, 2.24) is 10.0 Å². The number of hydrazine groups is 1. The van der Waals surface area contributed by atoms with Crippen molar-refractivity contribution in [2.45, 2.75) is 39.2 Å². The van der Waals surface area contributed by atoms with Crippen LogP contribution >= 0.6 is 0 Å². The van der Waals surface area contributed by atoms with Crippen molar-refractivity contribution in [2.75, 3.05) is 13.2 Å². The average molecular weight is 379 g/mol. The molecule has 1 aliphatic rings. The minimum Gasteiger partial charge on any atom is -0.448 e. The number of carbonyl (C=O) groups excluding carboxylic acids is 2. The van der Waals surface area contributed by atoms with Gasteiger partial charge in [-0.1, -0.05) is 44.8 Å². The molecule has 26 heavy (non-hydrogen) atoms. The second-order valence-corrected chi connectivity index (χ2v) is 13.3. The van der Waals surface area contributed by atoms with Crippen molar-refractivity contribution in [3.8, 4) is 0 Å². The second-order valence-electron chi connectivity index (χ2n) is 7.71. The summed E-state index contributed by atoms with van der Waals surface area (Å²) in [6, 6.07) is 7.12. The van der Waals surface area contributed by atoms with E-state index >= 15 is 0 Å². The summed E-state index contributed by atoms with van der Waals surface area (Å²) in [4.78, 5) is 35.5. The number of rotatable bonds is 6. The fraction of sp³-hybridized carbons (Fsp3) is 0.529. The molecule has 8 nitrogen and oxygen atoms in total. The molecule has 0 saturated carbocycles. The number of benzene rings is 1. The molecule has 1 aromatic carbocycles. The number of ether oxygens (including phenoxy) is 1. The first-order valence-electron chi connectivity index (χ1n) is 8.58. The van der Waals surface area contributed by atoms with Crippen LogP contribution in [-0.4, -0.2) is 48.2 Å². The van der Waals surface area contributed by atoms with E-state index in [0.29, 0.717) is 12.1 Å². The molecule has 1 fully saturated rings. The summed E-state index contributed by atoms with van der Waals surface area (Å²) in [5, 5.41) is 13.7. The van der Waals surface area contributed by atoms with E-state index in [1.807, 2.05) is 0 Å². The van der Waals surface area contributed by atoms with E-state index in [4.69, 9.17) is 4.74 Å². The van der Waals surface area contributed by atoms with Gasteiger partial charge >= 0.3 is 6.09 Å². The summed E-state index contributed by atoms with van der Waals surface area (Å²) >= 11 is 0. The van der Waals surface area contributed by atoms with Gasteiger partial charge in [0.25, 0.3) is 11.6 Å². The first kappa shape index (κ1) is 20.1. The molecule has 0 aliphatic carbocycles. The molecule has 1 aromatic rings. The van der Waals surface area contributed by atoms with E-state index in [0.717, 1.165) is 11.1 Å². The molecule has 0 N–H and O–H groups in total. The van der Waals surface area contributed by atoms with E-state index in [9.17, 15) is 19.7 Å². The SMILES string of the molecule is CC1CN(Cc2ccccc2[N+](=O)[O-])N(C(=O)OCC[Si](C)(C)C)C1=O. The van der Waals surface area contributed by atoms with Gasteiger partial charge < -0.3 is 4.74 Å². The lowest BCUT2D eigenvalue weighted by Crippen LogP contribution is -2.44. The Labute approximate surface area is 153 Å². The van der Waals surface area contributed by atoms with Crippen LogP contribution in [0.25, 0.3) is 0 Å². The Balaban J connectivity index is 2.13. The molecule has 1 heterocycles. The maximum absolute atomic E-state index is 12.4. The van der Waals surface area contributed by atoms with Crippen LogP contribution in [0.15, 0.2) is 24.3 Å². The summed E-state index contributed by atoms with van der Waals surface area (Å²) in [6.45, 7) is 8.92. The number of amides is 2. The molecule has 0 spiro atoms. The van der Waals surface area contributed by atoms with E-state index < -0.39 is 19.1 Å². The molecule has 1 aliphatic heterocycles. The lowest BCUT2D eigenvalue weighted by molar-refractivity contribution is -0.385. The van der Waals surface area contributed by atoms with Gasteiger partial charge in [-0.15, -0.1) is 0 Å². The van der Waals surface area contributed by atoms with E-state index in [2.05, 4.69) is 19.6 Å². The highest BCUT2D eigenvalue weighted by molar-refractivity contribution is 6.76. The Hall–Kier alpha value is -2.26. The number of nitrogens with zero attached hydrogens (tertiary/aromatic N) is 3. The van der Waals surface area contributed by atoms with Crippen LogP contribution in [-0.2, 0) is 16.1 Å². The predicted octanol–water partition coefficient (Wildman–Crippen LogP) is 3.26. The van der Waals surface area contributed by atoms with Crippen LogP contribution in [0.4, 0.5) is 10.5 Å². The largest absolute Gasteiger partial charge is 0.448 e. The lowest BCUT2D eigenvalue weighted by atomic mass is 10.1. The van der Waals surface area contributed by atoms with Crippen LogP contribution in [0.2, 0.25) is 25.7 Å². The predicted molar refractivity (Wildman–Crippen MR) is 99.0 cm³/mol. The van der Waals surface area contributed by atoms with Gasteiger partial charge in [-0.05, 0) is 6.04 Å². The third kappa shape index (κ3) is 4.89. The van der Waals surface area contributed by atoms with Crippen molar-refractivity contribution in [1.29, 1.82) is 0 Å². The minimum atomic E-state index is -1.36. The number of nitro benzene ring substituents is 1. The highest BCUT2D eigenvalue weighted by Gasteiger charge is 2.41. The van der Waals surface area contributed by atoms with Crippen molar-refractivity contribution in [3.05, 3.63) is 39.9 Å². The zero-order chi connectivity index (χ0) is 19.5. The van der Waals surface area contributed by atoms with Crippen molar-refractivity contribution in [2.24, 2.45) is 5.92 Å². The first-order chi connectivity index (χ1) is 12.1. The molecular formula is C17H25N3O5Si. The maximum Gasteiger partial charge on any atom is 0.431 e. The standard InChI is InChI=1S/C17H25N3O5Si/c1-13-11-18(12-14-7-5-6-8-15(14)20(23)24)19(16(13)21)17(22)25-9-10-26(2,3)4/h5-8,13H,9-12H2,1-4H3. The van der Waals surface area contributed by atoms with Gasteiger partial charge in [0.2, 0.25) is 0 Å². The Morgan fingerprint density at radius 1 is 1.35 bits per heavy atom. The van der Waals surface area contributed by atoms with Gasteiger partial charge in [-0.25, -0.2) is 9.80 Å². The van der Waals surface area contributed by atoms with Crippen LogP contribution in [0.3, 0.4) is 0 Å². The van der Waals surface area contributed by atoms with Gasteiger partial charge in [-0.2, -0.15) is 5.01 Å². The Morgan fingerprint density at radius 3 is 2.62 bits per heavy atom. The molecule has 0 bridgehead atoms. The normalized spacial score (nSPS) is 18.2. The highest BCUT2D eigenvalue weighted by Crippen LogP contribution is 2.25. The number of nitro groups is 1. The molecular weight excluding hydrogens is 354 g/mol. The molecule has 1 saturated heterocycles. The van der Waals surface area contributed by atoms with Crippen LogP contribution in [0.5, 0.6) is 0 Å². The number of carbonyl (C=O) groups is 2. The third-order valence-electron chi connectivity index (χ3n) is 4.19. The van der Waals surface area contributed by atoms with Gasteiger partial charge in [0, 0.05) is 26.2 Å². The van der Waals surface area contributed by atoms with Crippen molar-refractivity contribution in [3.63, 3.8) is 0 Å². The fourth-order valence-corrected chi connectivity index (χ4v) is 3.40. The van der Waals surface area contributed by atoms with Crippen molar-refractivity contribution >= 4 is 25.8 Å². The van der Waals surface area contributed by atoms with E-state index in [1.54, 1.807) is 25.1 Å². The van der Waals surface area contributed by atoms with Crippen LogP contribution in [0.1, 0.15) is 12.5 Å². The van der Waals surface area contributed by atoms with Gasteiger partial charge in [0.05, 0.1) is 24.0 Å². The second kappa shape index (κ2) is 7.96. The number of hydrogen-bond acceptors (Lipinski definition) is 6. The summed E-state index contributed by atoms with van der Waals surface area (Å²) in [5.41, 5.74) is 0.408. The lowest BCUT2D eigenvalue weighted by Gasteiger charge is -2.25. The number of para-hydroxylation sites is 1. The zero-order valence-electron chi connectivity index (χ0n) is 15.6. The summed E-state index contributed by atoms with van der Waals surface area (Å²) in [6.07, 6.45) is -0.712. The summed E-state index contributed by atoms with van der Waals surface area (Å²) in [7, 11) is -1.36. The summed E-state index contributed by atoms with van der Waals surface area (Å²) < 4.78 is 5.29. The Kier molecular flexibility index (Phi) is 6.14. The fourth-order valence-electron chi connectivity index (χ4n) is 2.69. The minimum absolute atomic E-state index is 0.0356. The molecule has 2 rings (SSSR count). The molecule has 9 heteroatoms. The smallest absolute Gasteiger partial charge is 0.431 e. The van der Waals surface area contributed by atoms with Gasteiger partial charge in [-0.3, -0.25) is 14.9 Å². The Morgan fingerprint density at radius 2 is 2.00 bits per heavy atom. The highest BCUT2D eigenvalue weighted by atomic mass is 28.3. The summed E-state index contributed by atoms with van der Waals surface area (Å²) in [5.74, 6) is -0.719. The van der Waals surface area contributed by atoms with Gasteiger partial charge in [0.1, 0.15) is 0 Å². The topological polar surface area (TPSA) is 93.0 Å². The number of hydrogen-bond donors (Lipinski definition) is 0. The zero-order valence-corrected chi connectivity index (χ0v) is 16.6. The molecule has 0 radical (unpaired) electrons. The van der Waals surface area contributed by atoms with Crippen molar-refractivity contribution < 1.29 is 19.2 Å². The maximum atomic E-state index is 12.4. The number of imide groups is 1. The van der Waals surface area contributed by atoms with Crippen LogP contribution in [0, 0.1) is 16.0 Å².